The molecule has 1 fully saturated rings. The predicted molar refractivity (Wildman–Crippen MR) is 194 cm³/mol. The van der Waals surface area contributed by atoms with E-state index in [4.69, 9.17) is 18.3 Å². The molecule has 46 heavy (non-hydrogen) atoms. The van der Waals surface area contributed by atoms with E-state index in [1.165, 1.54) is 5.57 Å². The van der Waals surface area contributed by atoms with Gasteiger partial charge in [0.2, 0.25) is 0 Å². The SMILES string of the molecule is CCC[C@H](C)C(=O)O[C@@](C)(C1CC=CC2=C[C@@H](C(C)(C)C)C[C@H](CC)[C@@H]21)[C@@H](O[SiH](C)C)[C@H]1C[C@H](C(C)(C)C)C(O[SiH](C)C)C(=O)O1. The van der Waals surface area contributed by atoms with Gasteiger partial charge in [-0.2, -0.15) is 0 Å². The zero-order valence-electron chi connectivity index (χ0n) is 31.8. The van der Waals surface area contributed by atoms with Crippen LogP contribution in [0.1, 0.15) is 108 Å². The van der Waals surface area contributed by atoms with Crippen molar-refractivity contribution in [1.82, 2.24) is 0 Å². The molecule has 1 saturated heterocycles. The van der Waals surface area contributed by atoms with Gasteiger partial charge in [-0.05, 0) is 93.0 Å². The summed E-state index contributed by atoms with van der Waals surface area (Å²) in [6.45, 7) is 30.6. The van der Waals surface area contributed by atoms with Gasteiger partial charge in [0.15, 0.2) is 18.1 Å². The Kier molecular flexibility index (Phi) is 13.3. The molecule has 0 radical (unpaired) electrons. The van der Waals surface area contributed by atoms with Crippen molar-refractivity contribution in [2.24, 2.45) is 46.3 Å². The average Bonchev–Trinajstić information content (AvgIpc) is 2.94. The third-order valence-electron chi connectivity index (χ3n) is 11.0. The molecule has 0 N–H and O–H groups in total. The van der Waals surface area contributed by atoms with Crippen LogP contribution in [0.4, 0.5) is 0 Å². The summed E-state index contributed by atoms with van der Waals surface area (Å²) in [4.78, 5) is 27.9. The number of rotatable bonds is 12. The maximum Gasteiger partial charge on any atom is 0.334 e. The van der Waals surface area contributed by atoms with Crippen LogP contribution in [0.2, 0.25) is 26.2 Å². The number of ether oxygens (including phenoxy) is 2. The van der Waals surface area contributed by atoms with E-state index in [0.29, 0.717) is 18.3 Å². The summed E-state index contributed by atoms with van der Waals surface area (Å²) in [5.41, 5.74) is 0.348. The minimum absolute atomic E-state index is 0.00558. The smallest absolute Gasteiger partial charge is 0.334 e. The van der Waals surface area contributed by atoms with E-state index < -0.39 is 42.0 Å². The first-order valence-electron chi connectivity index (χ1n) is 18.4. The molecule has 1 aliphatic heterocycles. The molecule has 264 valence electrons. The largest absolute Gasteiger partial charge is 0.458 e. The topological polar surface area (TPSA) is 71.1 Å². The highest BCUT2D eigenvalue weighted by Crippen LogP contribution is 2.53. The van der Waals surface area contributed by atoms with Crippen LogP contribution in [0.15, 0.2) is 23.8 Å². The van der Waals surface area contributed by atoms with Gasteiger partial charge in [0.1, 0.15) is 23.9 Å². The fraction of sp³-hybridized carbons (Fsp3) is 0.842. The lowest BCUT2D eigenvalue weighted by Gasteiger charge is -2.54. The summed E-state index contributed by atoms with van der Waals surface area (Å²) in [6.07, 6.45) is 10.7. The molecule has 1 heterocycles. The van der Waals surface area contributed by atoms with Gasteiger partial charge in [0.25, 0.3) is 0 Å². The molecule has 8 heteroatoms. The van der Waals surface area contributed by atoms with Crippen molar-refractivity contribution in [2.75, 3.05) is 0 Å². The lowest BCUT2D eigenvalue weighted by Crippen LogP contribution is -2.63. The third-order valence-corrected chi connectivity index (χ3v) is 12.7. The van der Waals surface area contributed by atoms with E-state index in [9.17, 15) is 9.59 Å². The molecule has 0 saturated carbocycles. The zero-order valence-corrected chi connectivity index (χ0v) is 34.1. The zero-order chi connectivity index (χ0) is 34.8. The van der Waals surface area contributed by atoms with Crippen LogP contribution in [-0.2, 0) is 27.9 Å². The van der Waals surface area contributed by atoms with Gasteiger partial charge < -0.3 is 18.3 Å². The Bertz CT molecular complexity index is 1100. The highest BCUT2D eigenvalue weighted by atomic mass is 28.3. The van der Waals surface area contributed by atoms with Gasteiger partial charge in [-0.1, -0.05) is 93.4 Å². The van der Waals surface area contributed by atoms with E-state index in [-0.39, 0.29) is 46.4 Å². The van der Waals surface area contributed by atoms with Crippen LogP contribution in [0.25, 0.3) is 0 Å². The van der Waals surface area contributed by atoms with Crippen LogP contribution in [-0.4, -0.2) is 53.9 Å². The van der Waals surface area contributed by atoms with E-state index >= 15 is 0 Å². The normalized spacial score (nSPS) is 31.5. The first-order chi connectivity index (χ1) is 21.2. The summed E-state index contributed by atoms with van der Waals surface area (Å²) >= 11 is 0. The number of allylic oxidation sites excluding steroid dienone is 4. The number of carbonyl (C=O) groups excluding carboxylic acids is 2. The van der Waals surface area contributed by atoms with E-state index in [1.54, 1.807) is 0 Å². The number of esters is 2. The van der Waals surface area contributed by atoms with Gasteiger partial charge in [0, 0.05) is 11.8 Å². The Hall–Kier alpha value is -1.23. The van der Waals surface area contributed by atoms with Crippen molar-refractivity contribution >= 4 is 30.0 Å². The number of fused-ring (bicyclic) bond motifs is 1. The van der Waals surface area contributed by atoms with Gasteiger partial charge >= 0.3 is 11.9 Å². The fourth-order valence-corrected chi connectivity index (χ4v) is 10.3. The van der Waals surface area contributed by atoms with Crippen molar-refractivity contribution in [1.29, 1.82) is 0 Å². The summed E-state index contributed by atoms with van der Waals surface area (Å²) < 4.78 is 26.6. The van der Waals surface area contributed by atoms with Crippen molar-refractivity contribution in [3.63, 3.8) is 0 Å². The molecule has 0 aromatic carbocycles. The molecule has 2 unspecified atom stereocenters. The molecule has 0 bridgehead atoms. The van der Waals surface area contributed by atoms with Crippen LogP contribution in [0.5, 0.6) is 0 Å². The lowest BCUT2D eigenvalue weighted by molar-refractivity contribution is -0.218. The van der Waals surface area contributed by atoms with Gasteiger partial charge in [0.05, 0.1) is 5.92 Å². The molecule has 0 spiro atoms. The number of cyclic esters (lactones) is 1. The maximum atomic E-state index is 14.0. The molecule has 0 aromatic heterocycles. The lowest BCUT2D eigenvalue weighted by atomic mass is 9.57. The highest BCUT2D eigenvalue weighted by molar-refractivity contribution is 6.48. The Morgan fingerprint density at radius 2 is 1.63 bits per heavy atom. The molecule has 0 aromatic rings. The van der Waals surface area contributed by atoms with Crippen molar-refractivity contribution < 1.29 is 27.9 Å². The second kappa shape index (κ2) is 15.5. The number of carbonyl (C=O) groups is 2. The molecule has 0 amide bonds. The minimum Gasteiger partial charge on any atom is -0.458 e. The molecule has 3 aliphatic rings. The fourth-order valence-electron chi connectivity index (χ4n) is 8.33. The van der Waals surface area contributed by atoms with Crippen LogP contribution in [0, 0.1) is 46.3 Å². The van der Waals surface area contributed by atoms with E-state index in [2.05, 4.69) is 107 Å². The van der Waals surface area contributed by atoms with Gasteiger partial charge in [-0.3, -0.25) is 4.79 Å². The number of hydrogen-bond donors (Lipinski definition) is 0. The first-order valence-corrected chi connectivity index (χ1v) is 23.9. The molecule has 2 aliphatic carbocycles. The molecular weight excluding hydrogens is 609 g/mol. The summed E-state index contributed by atoms with van der Waals surface area (Å²) in [5.74, 6) is 0.412. The van der Waals surface area contributed by atoms with Gasteiger partial charge in [-0.25, -0.2) is 4.79 Å². The number of hydrogen-bond acceptors (Lipinski definition) is 6. The second-order valence-electron chi connectivity index (χ2n) is 17.5. The van der Waals surface area contributed by atoms with Crippen molar-refractivity contribution in [3.8, 4) is 0 Å². The predicted octanol–water partition coefficient (Wildman–Crippen LogP) is 8.65. The summed E-state index contributed by atoms with van der Waals surface area (Å²) in [7, 11) is -3.20. The van der Waals surface area contributed by atoms with Crippen LogP contribution in [0.3, 0.4) is 0 Å². The molecular formula is C38H68O6Si2. The second-order valence-corrected chi connectivity index (χ2v) is 22.2. The summed E-state index contributed by atoms with van der Waals surface area (Å²) in [6, 6.07) is 0. The van der Waals surface area contributed by atoms with Gasteiger partial charge in [-0.15, -0.1) is 0 Å². The average molecular weight is 677 g/mol. The van der Waals surface area contributed by atoms with E-state index in [1.807, 2.05) is 6.92 Å². The maximum absolute atomic E-state index is 14.0. The Labute approximate surface area is 285 Å². The molecule has 6 nitrogen and oxygen atoms in total. The Balaban J connectivity index is 2.19. The molecule has 3 rings (SSSR count). The quantitative estimate of drug-likeness (QED) is 0.152. The third kappa shape index (κ3) is 9.06. The summed E-state index contributed by atoms with van der Waals surface area (Å²) in [5, 5.41) is 0. The first kappa shape index (κ1) is 39.2. The van der Waals surface area contributed by atoms with E-state index in [0.717, 1.165) is 32.1 Å². The monoisotopic (exact) mass is 676 g/mol. The minimum atomic E-state index is -1.69. The Morgan fingerprint density at radius 1 is 0.978 bits per heavy atom. The molecule has 10 atom stereocenters. The standard InChI is InChI=1S/C38H68O6Si2/c1-15-18-24(3)34(39)42-38(10,28-20-17-19-26-22-27(36(4,5)6)21-25(16-2)31(26)28)33(44-46(13)14)30-23-29(37(7,8)9)32(35(40)41-30)43-45(11)12/h17,19,22,24-25,27-33,45-46H,15-16,18,20-21,23H2,1-14H3/t24-,25-,27-,28?,29-,30+,31-,32?,33-,38-/m0/s1. The Morgan fingerprint density at radius 3 is 2.15 bits per heavy atom. The van der Waals surface area contributed by atoms with Crippen LogP contribution < -0.4 is 0 Å². The van der Waals surface area contributed by atoms with Crippen LogP contribution >= 0.6 is 0 Å². The van der Waals surface area contributed by atoms with Crippen molar-refractivity contribution in [3.05, 3.63) is 23.8 Å². The highest BCUT2D eigenvalue weighted by Gasteiger charge is 2.58. The van der Waals surface area contributed by atoms with Crippen molar-refractivity contribution in [2.45, 2.75) is 158 Å².